The van der Waals surface area contributed by atoms with E-state index in [1.54, 1.807) is 0 Å². The summed E-state index contributed by atoms with van der Waals surface area (Å²) in [6, 6.07) is 0. The van der Waals surface area contributed by atoms with Crippen LogP contribution in [0.15, 0.2) is 12.3 Å². The van der Waals surface area contributed by atoms with Crippen molar-refractivity contribution in [3.63, 3.8) is 0 Å². The van der Waals surface area contributed by atoms with Crippen molar-refractivity contribution in [1.29, 1.82) is 5.26 Å². The molecule has 0 aromatic rings. The Bertz CT molecular complexity index is 187. The fourth-order valence-electron chi connectivity index (χ4n) is 1.59. The molecule has 2 nitrogen and oxygen atoms in total. The van der Waals surface area contributed by atoms with Crippen molar-refractivity contribution in [3.8, 4) is 5.97 Å². The second-order valence-corrected chi connectivity index (χ2v) is 3.25. The van der Waals surface area contributed by atoms with Crippen molar-refractivity contribution in [2.75, 3.05) is 0 Å². The van der Waals surface area contributed by atoms with Gasteiger partial charge in [-0.15, -0.1) is 0 Å². The first-order chi connectivity index (χ1) is 5.24. The fourth-order valence-corrected chi connectivity index (χ4v) is 1.59. The summed E-state index contributed by atoms with van der Waals surface area (Å²) in [5, 5.41) is 8.61. The van der Waals surface area contributed by atoms with Crippen LogP contribution in [0, 0.1) is 17.1 Å². The standard InChI is InChI=1S/C8H13BN2/c1-7(11)8-2-4-9(6-10)5-3-8/h8H,1-5,11H2. The average molecular weight is 148 g/mol. The normalized spacial score (nSPS) is 19.4. The monoisotopic (exact) mass is 148 g/mol. The molecule has 1 heterocycles. The van der Waals surface area contributed by atoms with E-state index in [0.29, 0.717) is 5.92 Å². The summed E-state index contributed by atoms with van der Waals surface area (Å²) in [6.07, 6.45) is 4.09. The minimum atomic E-state index is 0.269. The van der Waals surface area contributed by atoms with Crippen molar-refractivity contribution in [3.05, 3.63) is 12.3 Å². The molecule has 11 heavy (non-hydrogen) atoms. The summed E-state index contributed by atoms with van der Waals surface area (Å²) in [5.41, 5.74) is 6.37. The van der Waals surface area contributed by atoms with Crippen LogP contribution in [0.2, 0.25) is 12.6 Å². The van der Waals surface area contributed by atoms with E-state index >= 15 is 0 Å². The topological polar surface area (TPSA) is 49.8 Å². The molecular formula is C8H13BN2. The van der Waals surface area contributed by atoms with Crippen molar-refractivity contribution in [1.82, 2.24) is 0 Å². The molecule has 1 aliphatic heterocycles. The summed E-state index contributed by atoms with van der Waals surface area (Å²) < 4.78 is 0. The maximum absolute atomic E-state index is 8.61. The van der Waals surface area contributed by atoms with Crippen LogP contribution in [0.4, 0.5) is 0 Å². The van der Waals surface area contributed by atoms with Gasteiger partial charge in [0.25, 0.3) is 6.71 Å². The van der Waals surface area contributed by atoms with E-state index in [9.17, 15) is 0 Å². The van der Waals surface area contributed by atoms with E-state index < -0.39 is 0 Å². The third kappa shape index (κ3) is 2.01. The van der Waals surface area contributed by atoms with Gasteiger partial charge in [-0.1, -0.05) is 32.1 Å². The quantitative estimate of drug-likeness (QED) is 0.571. The first-order valence-electron chi connectivity index (χ1n) is 4.08. The summed E-state index contributed by atoms with van der Waals surface area (Å²) >= 11 is 0. The van der Waals surface area contributed by atoms with Gasteiger partial charge in [-0.3, -0.25) is 0 Å². The number of rotatable bonds is 1. The van der Waals surface area contributed by atoms with Crippen LogP contribution in [-0.4, -0.2) is 6.71 Å². The highest BCUT2D eigenvalue weighted by Crippen LogP contribution is 2.27. The van der Waals surface area contributed by atoms with E-state index in [2.05, 4.69) is 12.5 Å². The van der Waals surface area contributed by atoms with E-state index in [-0.39, 0.29) is 6.71 Å². The second kappa shape index (κ2) is 3.48. The molecule has 2 N–H and O–H groups in total. The lowest BCUT2D eigenvalue weighted by Gasteiger charge is -2.22. The van der Waals surface area contributed by atoms with Gasteiger partial charge in [0.05, 0.1) is 0 Å². The number of hydrogen-bond acceptors (Lipinski definition) is 2. The number of nitrogens with two attached hydrogens (primary N) is 1. The molecule has 0 spiro atoms. The van der Waals surface area contributed by atoms with Gasteiger partial charge in [-0.05, 0) is 5.92 Å². The van der Waals surface area contributed by atoms with Gasteiger partial charge in [0.1, 0.15) is 0 Å². The zero-order valence-corrected chi connectivity index (χ0v) is 6.71. The average Bonchev–Trinajstić information content (AvgIpc) is 2.05. The Morgan fingerprint density at radius 1 is 1.55 bits per heavy atom. The van der Waals surface area contributed by atoms with Gasteiger partial charge >= 0.3 is 0 Å². The molecule has 3 heteroatoms. The highest BCUT2D eigenvalue weighted by Gasteiger charge is 2.24. The van der Waals surface area contributed by atoms with Gasteiger partial charge in [0, 0.05) is 11.7 Å². The molecule has 0 aromatic heterocycles. The van der Waals surface area contributed by atoms with Crippen LogP contribution in [0.3, 0.4) is 0 Å². The summed E-state index contributed by atoms with van der Waals surface area (Å²) in [6.45, 7) is 3.99. The Morgan fingerprint density at radius 2 is 2.09 bits per heavy atom. The number of nitriles is 1. The molecule has 0 saturated carbocycles. The predicted octanol–water partition coefficient (Wildman–Crippen LogP) is 1.43. The van der Waals surface area contributed by atoms with Gasteiger partial charge in [-0.2, -0.15) is 0 Å². The van der Waals surface area contributed by atoms with Crippen LogP contribution in [-0.2, 0) is 0 Å². The number of hydrogen-bond donors (Lipinski definition) is 1. The molecule has 0 aliphatic carbocycles. The predicted molar refractivity (Wildman–Crippen MR) is 47.0 cm³/mol. The third-order valence-electron chi connectivity index (χ3n) is 2.43. The Balaban J connectivity index is 2.37. The molecule has 58 valence electrons. The fraction of sp³-hybridized carbons (Fsp3) is 0.625. The maximum Gasteiger partial charge on any atom is 0.267 e. The van der Waals surface area contributed by atoms with Crippen LogP contribution in [0.1, 0.15) is 12.8 Å². The van der Waals surface area contributed by atoms with E-state index in [4.69, 9.17) is 11.0 Å². The smallest absolute Gasteiger partial charge is 0.267 e. The van der Waals surface area contributed by atoms with Gasteiger partial charge in [0.2, 0.25) is 0 Å². The number of nitrogens with zero attached hydrogens (tertiary/aromatic N) is 1. The number of allylic oxidation sites excluding steroid dienone is 1. The zero-order chi connectivity index (χ0) is 8.27. The Hall–Kier alpha value is -0.905. The Labute approximate surface area is 68.2 Å². The van der Waals surface area contributed by atoms with Crippen LogP contribution >= 0.6 is 0 Å². The van der Waals surface area contributed by atoms with E-state index in [1.165, 1.54) is 0 Å². The first-order valence-corrected chi connectivity index (χ1v) is 4.08. The largest absolute Gasteiger partial charge is 0.402 e. The Morgan fingerprint density at radius 3 is 2.45 bits per heavy atom. The van der Waals surface area contributed by atoms with Crippen molar-refractivity contribution in [2.24, 2.45) is 11.7 Å². The first kappa shape index (κ1) is 8.19. The van der Waals surface area contributed by atoms with Crippen LogP contribution in [0.5, 0.6) is 0 Å². The minimum absolute atomic E-state index is 0.269. The van der Waals surface area contributed by atoms with E-state index in [1.807, 2.05) is 0 Å². The van der Waals surface area contributed by atoms with Gasteiger partial charge in [-0.25, -0.2) is 5.26 Å². The lowest BCUT2D eigenvalue weighted by Crippen LogP contribution is -2.23. The van der Waals surface area contributed by atoms with E-state index in [0.717, 1.165) is 31.2 Å². The molecule has 0 amide bonds. The Kier molecular flexibility index (Phi) is 2.59. The molecule has 0 atom stereocenters. The third-order valence-corrected chi connectivity index (χ3v) is 2.43. The summed E-state index contributed by atoms with van der Waals surface area (Å²) in [5.74, 6) is 2.76. The summed E-state index contributed by atoms with van der Waals surface area (Å²) in [4.78, 5) is 0. The van der Waals surface area contributed by atoms with Crippen molar-refractivity contribution >= 4 is 6.71 Å². The molecule has 0 radical (unpaired) electrons. The molecule has 1 saturated heterocycles. The highest BCUT2D eigenvalue weighted by atomic mass is 14.6. The molecule has 0 aromatic carbocycles. The molecule has 1 rings (SSSR count). The molecule has 0 unspecified atom stereocenters. The minimum Gasteiger partial charge on any atom is -0.402 e. The van der Waals surface area contributed by atoms with Crippen LogP contribution in [0.25, 0.3) is 0 Å². The lowest BCUT2D eigenvalue weighted by molar-refractivity contribution is 0.543. The SMILES string of the molecule is C=C(N)C1CCB(C#N)CC1. The van der Waals surface area contributed by atoms with Crippen molar-refractivity contribution < 1.29 is 0 Å². The molecule has 0 bridgehead atoms. The zero-order valence-electron chi connectivity index (χ0n) is 6.71. The molecule has 1 aliphatic rings. The molecular weight excluding hydrogens is 135 g/mol. The van der Waals surface area contributed by atoms with Crippen molar-refractivity contribution in [2.45, 2.75) is 25.5 Å². The lowest BCUT2D eigenvalue weighted by atomic mass is 9.41. The van der Waals surface area contributed by atoms with Gasteiger partial charge < -0.3 is 5.73 Å². The van der Waals surface area contributed by atoms with Gasteiger partial charge in [0.15, 0.2) is 0 Å². The maximum atomic E-state index is 8.61. The highest BCUT2D eigenvalue weighted by molar-refractivity contribution is 6.67. The second-order valence-electron chi connectivity index (χ2n) is 3.25. The molecule has 1 fully saturated rings. The summed E-state index contributed by atoms with van der Waals surface area (Å²) in [7, 11) is 0. The van der Waals surface area contributed by atoms with Crippen LogP contribution < -0.4 is 5.73 Å².